The van der Waals surface area contributed by atoms with Gasteiger partial charge in [0.1, 0.15) is 18.7 Å². The van der Waals surface area contributed by atoms with E-state index in [4.69, 9.17) is 14.2 Å². The highest BCUT2D eigenvalue weighted by atomic mass is 16.5. The van der Waals surface area contributed by atoms with Gasteiger partial charge in [-0.15, -0.1) is 0 Å². The minimum absolute atomic E-state index is 0.0120. The Morgan fingerprint density at radius 3 is 1.97 bits per heavy atom. The maximum absolute atomic E-state index is 14.4. The van der Waals surface area contributed by atoms with Gasteiger partial charge in [-0.2, -0.15) is 0 Å². The molecule has 368 valence electrons. The standard InChI is InChI=1S/C47H78N6O12/c1-13-31(7)42(51(10)46(61)40(29(3)4)49-45(60)41(30(5)6)50(9)14-2)36(63-11)26-37(54)53-22-18-21-35(53)43(64-12)32(8)44(59)48-34(25-33-19-16-15-17-20-33)47(62)65-24-23-52(27-38(55)56)28-39(57)58/h15-17,19-20,29-32,34-36,40-43H,13-14,18,21-28H2,1-12H3,(H,48,59)(H,49,60)(H,55,56)(H,57,58)/t31-,32+,34-,35-,36?,40-,41-,42?,43+/m0/s1. The number of esters is 1. The van der Waals surface area contributed by atoms with Gasteiger partial charge in [-0.1, -0.05) is 92.1 Å². The maximum Gasteiger partial charge on any atom is 0.329 e. The summed E-state index contributed by atoms with van der Waals surface area (Å²) in [5.41, 5.74) is 0.733. The van der Waals surface area contributed by atoms with Crippen molar-refractivity contribution < 1.29 is 58.0 Å². The Hall–Kier alpha value is -4.65. The number of carbonyl (C=O) groups excluding carboxylic acids is 5. The van der Waals surface area contributed by atoms with Gasteiger partial charge < -0.3 is 44.9 Å². The summed E-state index contributed by atoms with van der Waals surface area (Å²) in [6, 6.07) is 5.55. The minimum Gasteiger partial charge on any atom is -0.480 e. The Morgan fingerprint density at radius 2 is 1.46 bits per heavy atom. The fourth-order valence-corrected chi connectivity index (χ4v) is 8.81. The summed E-state index contributed by atoms with van der Waals surface area (Å²) >= 11 is 0. The van der Waals surface area contributed by atoms with Crippen LogP contribution in [0.1, 0.15) is 86.6 Å². The highest BCUT2D eigenvalue weighted by Crippen LogP contribution is 2.30. The van der Waals surface area contributed by atoms with Crippen LogP contribution >= 0.6 is 0 Å². The van der Waals surface area contributed by atoms with Crippen LogP contribution in [0.3, 0.4) is 0 Å². The summed E-state index contributed by atoms with van der Waals surface area (Å²) in [7, 11) is 6.57. The fourth-order valence-electron chi connectivity index (χ4n) is 8.81. The second kappa shape index (κ2) is 27.7. The molecule has 0 aromatic heterocycles. The second-order valence-corrected chi connectivity index (χ2v) is 18.0. The number of hydrogen-bond donors (Lipinski definition) is 4. The molecular formula is C47H78N6O12. The van der Waals surface area contributed by atoms with E-state index in [0.717, 1.165) is 10.5 Å². The molecule has 0 bridgehead atoms. The van der Waals surface area contributed by atoms with Crippen molar-refractivity contribution in [3.63, 3.8) is 0 Å². The van der Waals surface area contributed by atoms with Crippen molar-refractivity contribution in [3.05, 3.63) is 35.9 Å². The minimum atomic E-state index is -1.24. The van der Waals surface area contributed by atoms with E-state index in [2.05, 4.69) is 10.6 Å². The second-order valence-electron chi connectivity index (χ2n) is 18.0. The van der Waals surface area contributed by atoms with E-state index in [1.54, 1.807) is 48.0 Å². The van der Waals surface area contributed by atoms with Gasteiger partial charge >= 0.3 is 17.9 Å². The molecule has 18 nitrogen and oxygen atoms in total. The molecule has 1 aliphatic heterocycles. The number of nitrogens with zero attached hydrogens (tertiary/aromatic N) is 4. The zero-order chi connectivity index (χ0) is 49.1. The topological polar surface area (TPSA) is 225 Å². The van der Waals surface area contributed by atoms with Crippen LogP contribution in [0.25, 0.3) is 0 Å². The molecule has 1 fully saturated rings. The SMILES string of the molecule is CC[C@H](C)C(C(CC(=O)N1CCC[C@H]1[C@H](OC)[C@@H](C)C(=O)N[C@@H](Cc1ccccc1)C(=O)OCCN(CC(=O)O)CC(=O)O)OC)N(C)C(=O)[C@@H](NC(=O)[C@H](C(C)C)N(C)CC)C(C)C. The molecule has 9 atom stereocenters. The third kappa shape index (κ3) is 16.9. The molecule has 1 aromatic carbocycles. The van der Waals surface area contributed by atoms with Gasteiger partial charge in [0.05, 0.1) is 55.8 Å². The number of rotatable bonds is 29. The van der Waals surface area contributed by atoms with Gasteiger partial charge in [-0.25, -0.2) is 4.79 Å². The first kappa shape index (κ1) is 56.5. The Labute approximate surface area is 386 Å². The molecule has 1 aromatic rings. The van der Waals surface area contributed by atoms with Gasteiger partial charge in [0.2, 0.25) is 23.6 Å². The number of carboxylic acids is 2. The zero-order valence-corrected chi connectivity index (χ0v) is 40.8. The number of carboxylic acid groups (broad SMARTS) is 2. The number of likely N-dealkylation sites (tertiary alicyclic amines) is 1. The molecule has 0 aliphatic carbocycles. The number of nitrogens with one attached hydrogen (secondary N) is 2. The Morgan fingerprint density at radius 1 is 0.846 bits per heavy atom. The molecule has 0 radical (unpaired) electrons. The third-order valence-corrected chi connectivity index (χ3v) is 12.6. The van der Waals surface area contributed by atoms with Crippen molar-refractivity contribution in [1.29, 1.82) is 0 Å². The number of benzene rings is 1. The maximum atomic E-state index is 14.4. The number of aliphatic carboxylic acids is 2. The predicted octanol–water partition coefficient (Wildman–Crippen LogP) is 2.77. The lowest BCUT2D eigenvalue weighted by molar-refractivity contribution is -0.150. The third-order valence-electron chi connectivity index (χ3n) is 12.6. The van der Waals surface area contributed by atoms with E-state index in [0.29, 0.717) is 32.4 Å². The quantitative estimate of drug-likeness (QED) is 0.0849. The molecule has 0 saturated carbocycles. The molecule has 1 heterocycles. The molecule has 2 unspecified atom stereocenters. The smallest absolute Gasteiger partial charge is 0.329 e. The van der Waals surface area contributed by atoms with Crippen molar-refractivity contribution >= 4 is 41.5 Å². The van der Waals surface area contributed by atoms with Gasteiger partial charge in [0.25, 0.3) is 0 Å². The Bertz CT molecular complexity index is 1680. The first-order valence-corrected chi connectivity index (χ1v) is 22.9. The molecule has 4 N–H and O–H groups in total. The van der Waals surface area contributed by atoms with E-state index in [1.807, 2.05) is 66.5 Å². The predicted molar refractivity (Wildman–Crippen MR) is 245 cm³/mol. The summed E-state index contributed by atoms with van der Waals surface area (Å²) in [5, 5.41) is 24.2. The Balaban J connectivity index is 2.31. The van der Waals surface area contributed by atoms with Crippen LogP contribution in [0.5, 0.6) is 0 Å². The first-order chi connectivity index (χ1) is 30.6. The fraction of sp³-hybridized carbons (Fsp3) is 0.723. The largest absolute Gasteiger partial charge is 0.480 e. The average molecular weight is 919 g/mol. The van der Waals surface area contributed by atoms with E-state index >= 15 is 0 Å². The lowest BCUT2D eigenvalue weighted by atomic mass is 9.89. The first-order valence-electron chi connectivity index (χ1n) is 22.9. The number of methoxy groups -OCH3 is 2. The van der Waals surface area contributed by atoms with Gasteiger partial charge in [0.15, 0.2) is 0 Å². The summed E-state index contributed by atoms with van der Waals surface area (Å²) in [6.07, 6.45) is 0.408. The van der Waals surface area contributed by atoms with Crippen molar-refractivity contribution in [1.82, 2.24) is 30.2 Å². The van der Waals surface area contributed by atoms with Crippen LogP contribution in [0.2, 0.25) is 0 Å². The number of amides is 4. The number of hydrogen-bond acceptors (Lipinski definition) is 12. The summed E-state index contributed by atoms with van der Waals surface area (Å²) < 4.78 is 17.5. The van der Waals surface area contributed by atoms with Crippen LogP contribution in [-0.4, -0.2) is 181 Å². The van der Waals surface area contributed by atoms with Gasteiger partial charge in [0, 0.05) is 40.8 Å². The van der Waals surface area contributed by atoms with Crippen LogP contribution in [0.4, 0.5) is 0 Å². The molecule has 18 heteroatoms. The van der Waals surface area contributed by atoms with Crippen molar-refractivity contribution in [2.75, 3.05) is 67.6 Å². The van der Waals surface area contributed by atoms with Gasteiger partial charge in [-0.05, 0) is 49.8 Å². The van der Waals surface area contributed by atoms with E-state index in [1.165, 1.54) is 14.2 Å². The number of likely N-dealkylation sites (N-methyl/N-ethyl adjacent to an activating group) is 2. The van der Waals surface area contributed by atoms with Crippen molar-refractivity contribution in [2.45, 2.75) is 130 Å². The Kier molecular flexibility index (Phi) is 24.1. The summed E-state index contributed by atoms with van der Waals surface area (Å²) in [5.74, 6) is -5.67. The molecule has 2 rings (SSSR count). The van der Waals surface area contributed by atoms with Crippen LogP contribution in [0, 0.1) is 23.7 Å². The molecule has 0 spiro atoms. The highest BCUT2D eigenvalue weighted by Gasteiger charge is 2.43. The molecule has 65 heavy (non-hydrogen) atoms. The molecule has 4 amide bonds. The van der Waals surface area contributed by atoms with Crippen LogP contribution < -0.4 is 10.6 Å². The molecule has 1 saturated heterocycles. The lowest BCUT2D eigenvalue weighted by Crippen LogP contribution is -2.60. The van der Waals surface area contributed by atoms with Gasteiger partial charge in [-0.3, -0.25) is 38.6 Å². The average Bonchev–Trinajstić information content (AvgIpc) is 3.74. The summed E-state index contributed by atoms with van der Waals surface area (Å²) in [4.78, 5) is 98.9. The summed E-state index contributed by atoms with van der Waals surface area (Å²) in [6.45, 7) is 14.9. The van der Waals surface area contributed by atoms with E-state index in [9.17, 15) is 43.8 Å². The van der Waals surface area contributed by atoms with Crippen LogP contribution in [-0.2, 0) is 54.2 Å². The normalized spacial score (nSPS) is 17.8. The number of ether oxygens (including phenoxy) is 3. The van der Waals surface area contributed by atoms with E-state index in [-0.39, 0.29) is 61.5 Å². The number of carbonyl (C=O) groups is 7. The van der Waals surface area contributed by atoms with Crippen molar-refractivity contribution in [3.8, 4) is 0 Å². The van der Waals surface area contributed by atoms with Crippen LogP contribution in [0.15, 0.2) is 30.3 Å². The molecule has 1 aliphatic rings. The van der Waals surface area contributed by atoms with E-state index < -0.39 is 85.2 Å². The highest BCUT2D eigenvalue weighted by molar-refractivity contribution is 5.90. The zero-order valence-electron chi connectivity index (χ0n) is 40.8. The monoisotopic (exact) mass is 919 g/mol. The van der Waals surface area contributed by atoms with Crippen molar-refractivity contribution in [2.24, 2.45) is 23.7 Å². The lowest BCUT2D eigenvalue weighted by Gasteiger charge is -2.41. The molecular weight excluding hydrogens is 841 g/mol.